The van der Waals surface area contributed by atoms with Crippen molar-refractivity contribution in [3.05, 3.63) is 89.5 Å². The molecule has 2 heterocycles. The van der Waals surface area contributed by atoms with Crippen LogP contribution >= 0.6 is 0 Å². The van der Waals surface area contributed by atoms with Crippen molar-refractivity contribution in [1.82, 2.24) is 9.80 Å². The average molecular weight is 568 g/mol. The molecule has 5 rings (SSSR count). The number of likely N-dealkylation sites (tertiary alicyclic amines) is 1. The zero-order valence-electron chi connectivity index (χ0n) is 23.4. The molecule has 218 valence electrons. The topological polar surface area (TPSA) is 45.2 Å². The molecule has 0 radical (unpaired) electrons. The van der Waals surface area contributed by atoms with Gasteiger partial charge in [-0.15, -0.1) is 0 Å². The molecule has 3 aromatic carbocycles. The van der Waals surface area contributed by atoms with E-state index in [1.165, 1.54) is 12.1 Å². The summed E-state index contributed by atoms with van der Waals surface area (Å²) < 4.78 is 51.2. The Morgan fingerprint density at radius 3 is 2.24 bits per heavy atom. The molecule has 0 aromatic heterocycles. The van der Waals surface area contributed by atoms with E-state index >= 15 is 0 Å². The van der Waals surface area contributed by atoms with Crippen molar-refractivity contribution in [2.24, 2.45) is 5.92 Å². The zero-order chi connectivity index (χ0) is 29.0. The Morgan fingerprint density at radius 2 is 1.56 bits per heavy atom. The van der Waals surface area contributed by atoms with Crippen LogP contribution in [0.5, 0.6) is 11.5 Å². The first-order valence-corrected chi connectivity index (χ1v) is 13.9. The lowest BCUT2D eigenvalue weighted by atomic mass is 9.87. The van der Waals surface area contributed by atoms with Gasteiger partial charge in [0.15, 0.2) is 0 Å². The molecule has 2 atom stereocenters. The molecule has 3 aromatic rings. The van der Waals surface area contributed by atoms with Crippen LogP contribution in [0.3, 0.4) is 0 Å². The van der Waals surface area contributed by atoms with Crippen LogP contribution in [0.25, 0.3) is 0 Å². The smallest absolute Gasteiger partial charge is 0.416 e. The number of alkyl halides is 3. The summed E-state index contributed by atoms with van der Waals surface area (Å²) in [5.74, 6) is 1.38. The Morgan fingerprint density at radius 1 is 0.854 bits per heavy atom. The molecule has 0 N–H and O–H groups in total. The lowest BCUT2D eigenvalue weighted by Crippen LogP contribution is -2.48. The third-order valence-corrected chi connectivity index (χ3v) is 8.23. The number of anilines is 1. The van der Waals surface area contributed by atoms with Gasteiger partial charge in [-0.1, -0.05) is 36.4 Å². The van der Waals surface area contributed by atoms with Gasteiger partial charge in [-0.05, 0) is 47.4 Å². The third kappa shape index (κ3) is 6.96. The number of benzene rings is 3. The van der Waals surface area contributed by atoms with Gasteiger partial charge in [0, 0.05) is 63.5 Å². The Balaban J connectivity index is 1.29. The Bertz CT molecular complexity index is 1320. The van der Waals surface area contributed by atoms with Gasteiger partial charge >= 0.3 is 6.18 Å². The standard InChI is InChI=1S/C32H36F3N3O3/c1-40-28-11-9-23(10-12-28)17-31(39)38-21-25(30(22-38)24-5-3-6-26(18-24)32(33,34)35)20-36-13-15-37(16-14-36)27-7-4-8-29(19-27)41-2/h3-12,18-19,25,30H,13-17,20-22H2,1-2H3/t25-,30-/m0/s1. The summed E-state index contributed by atoms with van der Waals surface area (Å²) in [7, 11) is 3.25. The highest BCUT2D eigenvalue weighted by Crippen LogP contribution is 2.37. The molecule has 9 heteroatoms. The molecule has 6 nitrogen and oxygen atoms in total. The molecule has 0 aliphatic carbocycles. The predicted molar refractivity (Wildman–Crippen MR) is 153 cm³/mol. The maximum Gasteiger partial charge on any atom is 0.416 e. The number of amides is 1. The number of methoxy groups -OCH3 is 2. The number of ether oxygens (including phenoxy) is 2. The number of rotatable bonds is 8. The summed E-state index contributed by atoms with van der Waals surface area (Å²) in [6.45, 7) is 5.00. The maximum absolute atomic E-state index is 13.6. The normalized spacial score (nSPS) is 19.8. The fourth-order valence-corrected chi connectivity index (χ4v) is 5.94. The van der Waals surface area contributed by atoms with Crippen molar-refractivity contribution in [3.63, 3.8) is 0 Å². The number of hydrogen-bond donors (Lipinski definition) is 0. The second-order valence-corrected chi connectivity index (χ2v) is 10.8. The molecule has 0 spiro atoms. The number of halogens is 3. The second-order valence-electron chi connectivity index (χ2n) is 10.8. The Labute approximate surface area is 239 Å². The summed E-state index contributed by atoms with van der Waals surface area (Å²) in [5.41, 5.74) is 1.98. The molecule has 0 saturated carbocycles. The highest BCUT2D eigenvalue weighted by atomic mass is 19.4. The van der Waals surface area contributed by atoms with Gasteiger partial charge in [0.05, 0.1) is 26.2 Å². The van der Waals surface area contributed by atoms with E-state index in [0.29, 0.717) is 18.7 Å². The second kappa shape index (κ2) is 12.4. The third-order valence-electron chi connectivity index (χ3n) is 8.23. The maximum atomic E-state index is 13.6. The van der Waals surface area contributed by atoms with Crippen molar-refractivity contribution in [1.29, 1.82) is 0 Å². The highest BCUT2D eigenvalue weighted by Gasteiger charge is 2.39. The first-order valence-electron chi connectivity index (χ1n) is 13.9. The quantitative estimate of drug-likeness (QED) is 0.368. The Hall–Kier alpha value is -3.72. The summed E-state index contributed by atoms with van der Waals surface area (Å²) in [6.07, 6.45) is -4.17. The molecule has 41 heavy (non-hydrogen) atoms. The summed E-state index contributed by atoms with van der Waals surface area (Å²) in [4.78, 5) is 19.9. The zero-order valence-corrected chi connectivity index (χ0v) is 23.4. The SMILES string of the molecule is COc1ccc(CC(=O)N2C[C@H](CN3CCN(c4cccc(OC)c4)CC3)[C@H](c3cccc(C(F)(F)F)c3)C2)cc1. The van der Waals surface area contributed by atoms with E-state index in [9.17, 15) is 18.0 Å². The van der Waals surface area contributed by atoms with Crippen LogP contribution in [0.15, 0.2) is 72.8 Å². The van der Waals surface area contributed by atoms with Crippen LogP contribution in [-0.2, 0) is 17.4 Å². The van der Waals surface area contributed by atoms with Crippen molar-refractivity contribution < 1.29 is 27.4 Å². The van der Waals surface area contributed by atoms with Crippen LogP contribution in [0, 0.1) is 5.92 Å². The highest BCUT2D eigenvalue weighted by molar-refractivity contribution is 5.79. The van der Waals surface area contributed by atoms with Gasteiger partial charge in [0.25, 0.3) is 0 Å². The summed E-state index contributed by atoms with van der Waals surface area (Å²) in [5, 5.41) is 0. The average Bonchev–Trinajstić information content (AvgIpc) is 3.41. The van der Waals surface area contributed by atoms with Gasteiger partial charge in [-0.25, -0.2) is 0 Å². The predicted octanol–water partition coefficient (Wildman–Crippen LogP) is 5.33. The molecular weight excluding hydrogens is 531 g/mol. The fraction of sp³-hybridized carbons (Fsp3) is 0.406. The number of piperazine rings is 1. The monoisotopic (exact) mass is 567 g/mol. The molecule has 2 aliphatic heterocycles. The molecule has 2 aliphatic rings. The molecule has 2 saturated heterocycles. The molecule has 0 unspecified atom stereocenters. The van der Waals surface area contributed by atoms with E-state index < -0.39 is 11.7 Å². The van der Waals surface area contributed by atoms with Crippen LogP contribution in [-0.4, -0.2) is 75.7 Å². The minimum Gasteiger partial charge on any atom is -0.497 e. The van der Waals surface area contributed by atoms with Crippen LogP contribution in [0.4, 0.5) is 18.9 Å². The molecule has 1 amide bonds. The van der Waals surface area contributed by atoms with E-state index in [2.05, 4.69) is 15.9 Å². The minimum atomic E-state index is -4.41. The van der Waals surface area contributed by atoms with Crippen molar-refractivity contribution in [2.45, 2.75) is 18.5 Å². The first-order chi connectivity index (χ1) is 19.7. The lowest BCUT2D eigenvalue weighted by Gasteiger charge is -2.38. The minimum absolute atomic E-state index is 0.0162. The van der Waals surface area contributed by atoms with Gasteiger partial charge in [-0.3, -0.25) is 9.69 Å². The van der Waals surface area contributed by atoms with Crippen LogP contribution < -0.4 is 14.4 Å². The van der Waals surface area contributed by atoms with Crippen molar-refractivity contribution >= 4 is 11.6 Å². The van der Waals surface area contributed by atoms with Gasteiger partial charge in [-0.2, -0.15) is 13.2 Å². The molecule has 0 bridgehead atoms. The molecule has 2 fully saturated rings. The summed E-state index contributed by atoms with van der Waals surface area (Å²) >= 11 is 0. The van der Waals surface area contributed by atoms with Gasteiger partial charge in [0.1, 0.15) is 11.5 Å². The number of carbonyl (C=O) groups excluding carboxylic acids is 1. The van der Waals surface area contributed by atoms with E-state index in [4.69, 9.17) is 9.47 Å². The van der Waals surface area contributed by atoms with E-state index in [1.54, 1.807) is 20.3 Å². The van der Waals surface area contributed by atoms with E-state index in [0.717, 1.165) is 61.5 Å². The van der Waals surface area contributed by atoms with E-state index in [-0.39, 0.29) is 24.2 Å². The molecular formula is C32H36F3N3O3. The van der Waals surface area contributed by atoms with Gasteiger partial charge in [0.2, 0.25) is 5.91 Å². The largest absolute Gasteiger partial charge is 0.497 e. The number of hydrogen-bond acceptors (Lipinski definition) is 5. The van der Waals surface area contributed by atoms with Crippen LogP contribution in [0.1, 0.15) is 22.6 Å². The fourth-order valence-electron chi connectivity index (χ4n) is 5.94. The van der Waals surface area contributed by atoms with Crippen molar-refractivity contribution in [3.8, 4) is 11.5 Å². The lowest BCUT2D eigenvalue weighted by molar-refractivity contribution is -0.137. The Kier molecular flexibility index (Phi) is 8.73. The summed E-state index contributed by atoms with van der Waals surface area (Å²) in [6, 6.07) is 21.0. The van der Waals surface area contributed by atoms with Gasteiger partial charge < -0.3 is 19.3 Å². The number of nitrogens with zero attached hydrogens (tertiary/aromatic N) is 3. The van der Waals surface area contributed by atoms with E-state index in [1.807, 2.05) is 47.4 Å². The van der Waals surface area contributed by atoms with Crippen molar-refractivity contribution in [2.75, 3.05) is 64.9 Å². The first kappa shape index (κ1) is 28.8. The number of carbonyl (C=O) groups is 1. The van der Waals surface area contributed by atoms with Crippen LogP contribution in [0.2, 0.25) is 0 Å².